The van der Waals surface area contributed by atoms with Gasteiger partial charge < -0.3 is 36.4 Å². The Hall–Kier alpha value is -6.57. The minimum atomic E-state index is -0.632. The van der Waals surface area contributed by atoms with Gasteiger partial charge in [-0.25, -0.2) is 9.78 Å². The highest BCUT2D eigenvalue weighted by molar-refractivity contribution is 6.33. The Morgan fingerprint density at radius 1 is 0.905 bits per heavy atom. The highest BCUT2D eigenvalue weighted by Crippen LogP contribution is 2.31. The predicted molar refractivity (Wildman–Crippen MR) is 238 cm³/mol. The summed E-state index contributed by atoms with van der Waals surface area (Å²) in [5, 5.41) is 18.5. The third-order valence-electron chi connectivity index (χ3n) is 12.1. The number of nitrogens with zero attached hydrogens (tertiary/aromatic N) is 5. The molecule has 1 unspecified atom stereocenters. The number of halogens is 1. The van der Waals surface area contributed by atoms with Crippen LogP contribution < -0.4 is 31.9 Å². The number of likely N-dealkylation sites (tertiary alicyclic amines) is 1. The molecule has 2 aromatic carbocycles. The molecule has 3 fully saturated rings. The summed E-state index contributed by atoms with van der Waals surface area (Å²) in [6.07, 6.45) is 9.94. The lowest BCUT2D eigenvalue weighted by atomic mass is 9.91. The van der Waals surface area contributed by atoms with Crippen LogP contribution in [0.2, 0.25) is 5.02 Å². The number of carbonyl (C=O) groups is 5. The summed E-state index contributed by atoms with van der Waals surface area (Å²) >= 11 is 6.40. The lowest BCUT2D eigenvalue weighted by Gasteiger charge is -2.35. The molecule has 2 saturated heterocycles. The fourth-order valence-electron chi connectivity index (χ4n) is 8.66. The molecule has 0 radical (unpaired) electrons. The number of hydrogen-bond donors (Lipinski definition) is 6. The van der Waals surface area contributed by atoms with Gasteiger partial charge in [-0.1, -0.05) is 35.6 Å². The van der Waals surface area contributed by atoms with Crippen molar-refractivity contribution in [1.29, 1.82) is 0 Å². The molecule has 326 valence electrons. The quantitative estimate of drug-likeness (QED) is 0.0644. The number of anilines is 4. The summed E-state index contributed by atoms with van der Waals surface area (Å²) in [5.41, 5.74) is 4.95. The van der Waals surface area contributed by atoms with Crippen molar-refractivity contribution in [2.75, 3.05) is 37.3 Å². The van der Waals surface area contributed by atoms with Crippen LogP contribution in [0.5, 0.6) is 0 Å². The summed E-state index contributed by atoms with van der Waals surface area (Å²) < 4.78 is 0. The van der Waals surface area contributed by atoms with E-state index in [2.05, 4.69) is 53.7 Å². The molecule has 5 heterocycles. The first-order valence-corrected chi connectivity index (χ1v) is 21.9. The highest BCUT2D eigenvalue weighted by atomic mass is 35.5. The average Bonchev–Trinajstić information content (AvgIpc) is 3.62. The zero-order valence-electron chi connectivity index (χ0n) is 35.0. The van der Waals surface area contributed by atoms with Crippen LogP contribution in [-0.4, -0.2) is 99.2 Å². The van der Waals surface area contributed by atoms with Crippen molar-refractivity contribution >= 4 is 64.4 Å². The lowest BCUT2D eigenvalue weighted by Crippen LogP contribution is -2.52. The summed E-state index contributed by atoms with van der Waals surface area (Å²) in [6.45, 7) is 2.42. The van der Waals surface area contributed by atoms with Gasteiger partial charge in [0.1, 0.15) is 11.1 Å². The van der Waals surface area contributed by atoms with Gasteiger partial charge in [0, 0.05) is 80.9 Å². The van der Waals surface area contributed by atoms with Crippen molar-refractivity contribution in [1.82, 2.24) is 46.0 Å². The van der Waals surface area contributed by atoms with Crippen molar-refractivity contribution in [3.8, 4) is 11.8 Å². The van der Waals surface area contributed by atoms with E-state index in [1.54, 1.807) is 42.4 Å². The van der Waals surface area contributed by atoms with E-state index in [-0.39, 0.29) is 42.1 Å². The Morgan fingerprint density at radius 3 is 2.46 bits per heavy atom. The molecule has 4 aliphatic rings. The van der Waals surface area contributed by atoms with Crippen molar-refractivity contribution in [3.05, 3.63) is 100.0 Å². The molecule has 4 aromatic rings. The smallest absolute Gasteiger partial charge is 0.317 e. The second-order valence-electron chi connectivity index (χ2n) is 16.3. The molecule has 8 rings (SSSR count). The van der Waals surface area contributed by atoms with Crippen molar-refractivity contribution in [3.63, 3.8) is 0 Å². The SMILES string of the molecule is CNC(=O)c1ccccc1Nc1nc(Nc2ccc(C3CCN(C(=O)N[C@H]4CC[C@H](NCCC#Cc5ccc6c(c5)CN(C5CCC(=O)NC5=O)C6=O)CC4)CC3)nc2)ncc1Cl. The van der Waals surface area contributed by atoms with Gasteiger partial charge in [0.2, 0.25) is 17.8 Å². The normalized spacial score (nSPS) is 20.0. The van der Waals surface area contributed by atoms with Crippen LogP contribution >= 0.6 is 11.6 Å². The maximum absolute atomic E-state index is 13.2. The molecule has 17 heteroatoms. The lowest BCUT2D eigenvalue weighted by molar-refractivity contribution is -0.136. The maximum atomic E-state index is 13.2. The molecular formula is C46H50ClN11O5. The van der Waals surface area contributed by atoms with Gasteiger partial charge in [-0.3, -0.25) is 29.5 Å². The van der Waals surface area contributed by atoms with Gasteiger partial charge in [0.15, 0.2) is 5.82 Å². The largest absolute Gasteiger partial charge is 0.355 e. The van der Waals surface area contributed by atoms with E-state index in [4.69, 9.17) is 16.6 Å². The Labute approximate surface area is 370 Å². The number of fused-ring (bicyclic) bond motifs is 1. The third-order valence-corrected chi connectivity index (χ3v) is 12.4. The number of rotatable bonds is 11. The number of piperidine rings is 2. The van der Waals surface area contributed by atoms with E-state index in [0.717, 1.165) is 61.9 Å². The van der Waals surface area contributed by atoms with Crippen LogP contribution in [0, 0.1) is 11.8 Å². The molecule has 63 heavy (non-hydrogen) atoms. The number of amides is 6. The Balaban J connectivity index is 0.726. The molecule has 3 aliphatic heterocycles. The molecule has 1 aliphatic carbocycles. The number of benzene rings is 2. The van der Waals surface area contributed by atoms with Gasteiger partial charge in [0.05, 0.1) is 29.3 Å². The zero-order valence-corrected chi connectivity index (χ0v) is 35.8. The van der Waals surface area contributed by atoms with E-state index in [1.807, 2.05) is 35.2 Å². The number of imide groups is 1. The van der Waals surface area contributed by atoms with Crippen LogP contribution in [0.3, 0.4) is 0 Å². The van der Waals surface area contributed by atoms with E-state index in [0.29, 0.717) is 77.8 Å². The van der Waals surface area contributed by atoms with Crippen LogP contribution in [0.1, 0.15) is 101 Å². The molecule has 1 atom stereocenters. The van der Waals surface area contributed by atoms with E-state index in [9.17, 15) is 24.0 Å². The zero-order chi connectivity index (χ0) is 43.9. The molecule has 16 nitrogen and oxygen atoms in total. The summed E-state index contributed by atoms with van der Waals surface area (Å²) in [7, 11) is 1.57. The Kier molecular flexibility index (Phi) is 13.4. The van der Waals surface area contributed by atoms with Gasteiger partial charge >= 0.3 is 6.03 Å². The second-order valence-corrected chi connectivity index (χ2v) is 16.7. The van der Waals surface area contributed by atoms with Crippen LogP contribution in [-0.2, 0) is 16.1 Å². The minimum absolute atomic E-state index is 0.00110. The monoisotopic (exact) mass is 871 g/mol. The number of carbonyl (C=O) groups excluding carboxylic acids is 5. The maximum Gasteiger partial charge on any atom is 0.317 e. The summed E-state index contributed by atoms with van der Waals surface area (Å²) in [4.78, 5) is 79.5. The van der Waals surface area contributed by atoms with E-state index in [1.165, 1.54) is 6.20 Å². The molecule has 0 spiro atoms. The highest BCUT2D eigenvalue weighted by Gasteiger charge is 2.39. The first-order chi connectivity index (χ1) is 30.6. The van der Waals surface area contributed by atoms with Crippen LogP contribution in [0.4, 0.5) is 27.9 Å². The summed E-state index contributed by atoms with van der Waals surface area (Å²) in [5.74, 6) is 6.23. The van der Waals surface area contributed by atoms with Crippen LogP contribution in [0.25, 0.3) is 0 Å². The standard InChI is InChI=1S/C46H50ClN11O5/c1-48-42(60)35-7-2-3-8-38(35)54-41-36(47)26-51-45(56-41)52-33-14-16-37(50-25-33)29-19-22-57(23-20-29)46(63)53-32-12-10-31(11-13-32)49-21-5-4-6-28-9-15-34-30(24-28)27-58(44(34)62)39-17-18-40(59)55-43(39)61/h2-3,7-9,14-16,24-26,29,31-32,39,49H,5,10-13,17-23,27H2,1H3,(H,48,60)(H,53,63)(H,55,59,61)(H2,51,52,54,56)/t31-,32-,39?. The number of nitrogens with one attached hydrogen (secondary N) is 6. The molecule has 0 bridgehead atoms. The number of para-hydroxylation sites is 1. The minimum Gasteiger partial charge on any atom is -0.355 e. The predicted octanol–water partition coefficient (Wildman–Crippen LogP) is 5.36. The van der Waals surface area contributed by atoms with Crippen molar-refractivity contribution in [2.45, 2.75) is 88.4 Å². The van der Waals surface area contributed by atoms with E-state index >= 15 is 0 Å². The van der Waals surface area contributed by atoms with Gasteiger partial charge in [-0.05, 0) is 93.0 Å². The third kappa shape index (κ3) is 10.4. The molecule has 1 saturated carbocycles. The number of hydrogen-bond acceptors (Lipinski definition) is 11. The number of pyridine rings is 1. The molecule has 6 amide bonds. The average molecular weight is 872 g/mol. The molecule has 2 aromatic heterocycles. The molecule has 6 N–H and O–H groups in total. The fourth-order valence-corrected chi connectivity index (χ4v) is 8.80. The Bertz CT molecular complexity index is 2440. The van der Waals surface area contributed by atoms with Crippen molar-refractivity contribution in [2.24, 2.45) is 0 Å². The second kappa shape index (κ2) is 19.6. The van der Waals surface area contributed by atoms with Crippen molar-refractivity contribution < 1.29 is 24.0 Å². The first-order valence-electron chi connectivity index (χ1n) is 21.5. The van der Waals surface area contributed by atoms with Gasteiger partial charge in [-0.15, -0.1) is 0 Å². The number of urea groups is 1. The van der Waals surface area contributed by atoms with Gasteiger partial charge in [-0.2, -0.15) is 4.98 Å². The first kappa shape index (κ1) is 43.1. The topological polar surface area (TPSA) is 203 Å². The Morgan fingerprint density at radius 2 is 1.70 bits per heavy atom. The summed E-state index contributed by atoms with van der Waals surface area (Å²) in [6, 6.07) is 16.5. The van der Waals surface area contributed by atoms with E-state index < -0.39 is 11.9 Å². The molecular weight excluding hydrogens is 822 g/mol. The van der Waals surface area contributed by atoms with Crippen LogP contribution in [0.15, 0.2) is 67.0 Å². The number of aromatic nitrogens is 3. The fraction of sp³-hybridized carbons (Fsp3) is 0.391. The van der Waals surface area contributed by atoms with Gasteiger partial charge in [0.25, 0.3) is 11.8 Å².